The number of aromatic nitrogens is 2. The highest BCUT2D eigenvalue weighted by molar-refractivity contribution is 7.88. The second kappa shape index (κ2) is 8.96. The number of hydrogen-bond donors (Lipinski definition) is 1. The summed E-state index contributed by atoms with van der Waals surface area (Å²) in [7, 11) is -1.46. The molecule has 1 aliphatic heterocycles. The van der Waals surface area contributed by atoms with Crippen molar-refractivity contribution in [3.8, 4) is 5.75 Å². The normalized spacial score (nSPS) is 15.9. The van der Waals surface area contributed by atoms with Crippen LogP contribution in [0.15, 0.2) is 24.3 Å². The fraction of sp³-hybridized carbons (Fsp3) is 0.529. The van der Waals surface area contributed by atoms with E-state index in [1.807, 2.05) is 24.3 Å². The molecule has 1 saturated heterocycles. The van der Waals surface area contributed by atoms with Crippen LogP contribution in [-0.2, 0) is 16.4 Å². The van der Waals surface area contributed by atoms with Gasteiger partial charge in [0.15, 0.2) is 0 Å². The molecular weight excluding hydrogens is 386 g/mol. The van der Waals surface area contributed by atoms with Crippen LogP contribution in [0.5, 0.6) is 5.75 Å². The summed E-state index contributed by atoms with van der Waals surface area (Å²) in [5.74, 6) is 1.66. The van der Waals surface area contributed by atoms with Crippen LogP contribution in [0.3, 0.4) is 0 Å². The molecule has 1 aromatic carbocycles. The zero-order valence-corrected chi connectivity index (χ0v) is 17.2. The van der Waals surface area contributed by atoms with Crippen LogP contribution < -0.4 is 14.4 Å². The van der Waals surface area contributed by atoms with Crippen LogP contribution in [0.1, 0.15) is 11.4 Å². The maximum atomic E-state index is 11.1. The number of methoxy groups -OCH3 is 1. The Hall–Kier alpha value is -1.75. The summed E-state index contributed by atoms with van der Waals surface area (Å²) in [5.41, 5.74) is 1.13. The number of hydrogen-bond acceptors (Lipinski definition) is 8. The minimum Gasteiger partial charge on any atom is -0.497 e. The van der Waals surface area contributed by atoms with E-state index in [-0.39, 0.29) is 0 Å². The SMILES string of the molecule is COc1cccc(Cc2nsc(N3CCN(CCNS(C)(=O)=O)CC3)n2)c1. The highest BCUT2D eigenvalue weighted by Gasteiger charge is 2.20. The smallest absolute Gasteiger partial charge is 0.208 e. The molecule has 3 rings (SSSR count). The lowest BCUT2D eigenvalue weighted by atomic mass is 10.1. The van der Waals surface area contributed by atoms with Crippen LogP contribution in [0.4, 0.5) is 5.13 Å². The maximum Gasteiger partial charge on any atom is 0.208 e. The fourth-order valence-electron chi connectivity index (χ4n) is 2.96. The summed E-state index contributed by atoms with van der Waals surface area (Å²) in [5, 5.41) is 0.946. The largest absolute Gasteiger partial charge is 0.497 e. The number of anilines is 1. The minimum atomic E-state index is -3.12. The zero-order valence-electron chi connectivity index (χ0n) is 15.6. The summed E-state index contributed by atoms with van der Waals surface area (Å²) in [6, 6.07) is 7.95. The molecule has 0 radical (unpaired) electrons. The molecule has 0 atom stereocenters. The van der Waals surface area contributed by atoms with Crippen molar-refractivity contribution in [2.45, 2.75) is 6.42 Å². The van der Waals surface area contributed by atoms with E-state index in [9.17, 15) is 8.42 Å². The first kappa shape index (κ1) is 20.0. The van der Waals surface area contributed by atoms with E-state index in [2.05, 4.69) is 23.9 Å². The van der Waals surface area contributed by atoms with Crippen molar-refractivity contribution in [3.63, 3.8) is 0 Å². The van der Waals surface area contributed by atoms with Crippen molar-refractivity contribution in [3.05, 3.63) is 35.7 Å². The van der Waals surface area contributed by atoms with Crippen molar-refractivity contribution in [2.24, 2.45) is 0 Å². The van der Waals surface area contributed by atoms with Gasteiger partial charge in [-0.05, 0) is 17.7 Å². The molecule has 10 heteroatoms. The molecule has 0 bridgehead atoms. The second-order valence-corrected chi connectivity index (χ2v) is 9.08. The van der Waals surface area contributed by atoms with Gasteiger partial charge < -0.3 is 9.64 Å². The van der Waals surface area contributed by atoms with Crippen LogP contribution >= 0.6 is 11.5 Å². The number of sulfonamides is 1. The predicted molar refractivity (Wildman–Crippen MR) is 107 cm³/mol. The quantitative estimate of drug-likeness (QED) is 0.688. The monoisotopic (exact) mass is 411 g/mol. The Labute approximate surface area is 164 Å². The van der Waals surface area contributed by atoms with Gasteiger partial charge in [0.1, 0.15) is 11.6 Å². The highest BCUT2D eigenvalue weighted by atomic mass is 32.2. The van der Waals surface area contributed by atoms with Crippen molar-refractivity contribution in [1.29, 1.82) is 0 Å². The Bertz CT molecular complexity index is 848. The maximum absolute atomic E-state index is 11.1. The Morgan fingerprint density at radius 1 is 1.26 bits per heavy atom. The van der Waals surface area contributed by atoms with E-state index in [0.29, 0.717) is 13.0 Å². The van der Waals surface area contributed by atoms with E-state index in [0.717, 1.165) is 55.0 Å². The Balaban J connectivity index is 1.49. The van der Waals surface area contributed by atoms with Gasteiger partial charge in [-0.15, -0.1) is 0 Å². The van der Waals surface area contributed by atoms with Crippen LogP contribution in [-0.4, -0.2) is 75.3 Å². The lowest BCUT2D eigenvalue weighted by Gasteiger charge is -2.34. The molecule has 1 aliphatic rings. The number of piperazine rings is 1. The predicted octanol–water partition coefficient (Wildman–Crippen LogP) is 0.809. The molecule has 0 unspecified atom stereocenters. The molecule has 2 heterocycles. The number of rotatable bonds is 8. The Morgan fingerprint density at radius 3 is 2.74 bits per heavy atom. The fourth-order valence-corrected chi connectivity index (χ4v) is 4.16. The number of nitrogens with zero attached hydrogens (tertiary/aromatic N) is 4. The minimum absolute atomic E-state index is 0.447. The van der Waals surface area contributed by atoms with E-state index < -0.39 is 10.0 Å². The van der Waals surface area contributed by atoms with Crippen molar-refractivity contribution in [1.82, 2.24) is 19.0 Å². The van der Waals surface area contributed by atoms with Crippen LogP contribution in [0.2, 0.25) is 0 Å². The van der Waals surface area contributed by atoms with Crippen LogP contribution in [0, 0.1) is 0 Å². The Morgan fingerprint density at radius 2 is 2.04 bits per heavy atom. The zero-order chi connectivity index (χ0) is 19.3. The van der Waals surface area contributed by atoms with E-state index >= 15 is 0 Å². The Kier molecular flexibility index (Phi) is 6.64. The molecule has 0 spiro atoms. The average Bonchev–Trinajstić information content (AvgIpc) is 3.10. The highest BCUT2D eigenvalue weighted by Crippen LogP contribution is 2.21. The average molecular weight is 412 g/mol. The van der Waals surface area contributed by atoms with E-state index in [1.54, 1.807) is 7.11 Å². The summed E-state index contributed by atoms with van der Waals surface area (Å²) in [6.45, 7) is 4.67. The summed E-state index contributed by atoms with van der Waals surface area (Å²) < 4.78 is 34.5. The third-order valence-corrected chi connectivity index (χ3v) is 5.93. The van der Waals surface area contributed by atoms with Gasteiger partial charge in [0.25, 0.3) is 0 Å². The third-order valence-electron chi connectivity index (χ3n) is 4.39. The van der Waals surface area contributed by atoms with Gasteiger partial charge in [-0.1, -0.05) is 12.1 Å². The topological polar surface area (TPSA) is 87.7 Å². The lowest BCUT2D eigenvalue weighted by Crippen LogP contribution is -2.48. The molecule has 27 heavy (non-hydrogen) atoms. The summed E-state index contributed by atoms with van der Waals surface area (Å²) in [4.78, 5) is 9.19. The standard InChI is InChI=1S/C17H25N5O3S2/c1-25-15-5-3-4-14(12-15)13-16-19-17(26-20-16)22-10-8-21(9-11-22)7-6-18-27(2,23)24/h3-5,12,18H,6-11,13H2,1-2H3. The van der Waals surface area contributed by atoms with Gasteiger partial charge in [-0.2, -0.15) is 4.37 Å². The van der Waals surface area contributed by atoms with Crippen LogP contribution in [0.25, 0.3) is 0 Å². The molecule has 0 saturated carbocycles. The van der Waals surface area contributed by atoms with E-state index in [4.69, 9.17) is 4.74 Å². The number of ether oxygens (including phenoxy) is 1. The first-order valence-corrected chi connectivity index (χ1v) is 11.5. The van der Waals surface area contributed by atoms with Gasteiger partial charge in [-0.3, -0.25) is 4.90 Å². The third kappa shape index (κ3) is 6.13. The van der Waals surface area contributed by atoms with Crippen molar-refractivity contribution < 1.29 is 13.2 Å². The molecule has 2 aromatic rings. The molecule has 0 aliphatic carbocycles. The molecule has 0 amide bonds. The lowest BCUT2D eigenvalue weighted by molar-refractivity contribution is 0.262. The number of nitrogens with one attached hydrogen (secondary N) is 1. The molecule has 148 valence electrons. The van der Waals surface area contributed by atoms with Gasteiger partial charge in [0.2, 0.25) is 15.2 Å². The van der Waals surface area contributed by atoms with Gasteiger partial charge >= 0.3 is 0 Å². The van der Waals surface area contributed by atoms with Crippen molar-refractivity contribution >= 4 is 26.7 Å². The first-order chi connectivity index (χ1) is 12.9. The van der Waals surface area contributed by atoms with Gasteiger partial charge in [0, 0.05) is 57.2 Å². The van der Waals surface area contributed by atoms with Crippen molar-refractivity contribution in [2.75, 3.05) is 57.5 Å². The molecule has 1 fully saturated rings. The molecule has 1 N–H and O–H groups in total. The molecule has 8 nitrogen and oxygen atoms in total. The summed E-state index contributed by atoms with van der Waals surface area (Å²) in [6.07, 6.45) is 1.87. The van der Waals surface area contributed by atoms with Gasteiger partial charge in [0.05, 0.1) is 13.4 Å². The van der Waals surface area contributed by atoms with Gasteiger partial charge in [-0.25, -0.2) is 18.1 Å². The van der Waals surface area contributed by atoms with E-state index in [1.165, 1.54) is 17.8 Å². The first-order valence-electron chi connectivity index (χ1n) is 8.80. The molecular formula is C17H25N5O3S2. The second-order valence-electron chi connectivity index (χ2n) is 6.52. The molecule has 1 aromatic heterocycles. The summed E-state index contributed by atoms with van der Waals surface area (Å²) >= 11 is 1.43. The number of benzene rings is 1.